The summed E-state index contributed by atoms with van der Waals surface area (Å²) >= 11 is 4.92. The van der Waals surface area contributed by atoms with Crippen molar-refractivity contribution in [2.75, 3.05) is 18.1 Å². The molecular weight excluding hydrogens is 376 g/mol. The van der Waals surface area contributed by atoms with Crippen LogP contribution in [0.1, 0.15) is 15.9 Å². The van der Waals surface area contributed by atoms with Crippen LogP contribution >= 0.6 is 27.7 Å². The number of aryl methyl sites for hydroxylation is 1. The van der Waals surface area contributed by atoms with E-state index >= 15 is 0 Å². The van der Waals surface area contributed by atoms with E-state index in [9.17, 15) is 9.59 Å². The molecule has 0 aliphatic rings. The van der Waals surface area contributed by atoms with Crippen LogP contribution in [0, 0.1) is 6.92 Å². The lowest BCUT2D eigenvalue weighted by atomic mass is 10.2. The standard InChI is InChI=1S/C17H17BrN2O2S/c1-11-9-13(18)5-8-15(11)23-10-16(21)20-14-6-3-12(4-7-14)17(22)19-2/h3-9H,10H2,1-2H3,(H,19,22)(H,20,21). The Kier molecular flexibility index (Phi) is 6.24. The molecule has 120 valence electrons. The number of carbonyl (C=O) groups is 2. The molecule has 0 bridgehead atoms. The van der Waals surface area contributed by atoms with Crippen LogP contribution in [-0.4, -0.2) is 24.6 Å². The van der Waals surface area contributed by atoms with Gasteiger partial charge in [0.05, 0.1) is 5.75 Å². The van der Waals surface area contributed by atoms with Gasteiger partial charge in [-0.2, -0.15) is 0 Å². The normalized spacial score (nSPS) is 10.2. The Morgan fingerprint density at radius 3 is 2.43 bits per heavy atom. The minimum Gasteiger partial charge on any atom is -0.355 e. The molecule has 0 heterocycles. The minimum absolute atomic E-state index is 0.0787. The van der Waals surface area contributed by atoms with Gasteiger partial charge >= 0.3 is 0 Å². The highest BCUT2D eigenvalue weighted by molar-refractivity contribution is 9.10. The number of halogens is 1. The second-order valence-electron chi connectivity index (χ2n) is 4.90. The number of hydrogen-bond donors (Lipinski definition) is 2. The molecule has 6 heteroatoms. The van der Waals surface area contributed by atoms with Crippen molar-refractivity contribution >= 4 is 45.2 Å². The van der Waals surface area contributed by atoms with Crippen molar-refractivity contribution in [3.63, 3.8) is 0 Å². The number of benzene rings is 2. The van der Waals surface area contributed by atoms with Crippen molar-refractivity contribution in [2.45, 2.75) is 11.8 Å². The second kappa shape index (κ2) is 8.17. The fourth-order valence-corrected chi connectivity index (χ4v) is 3.25. The van der Waals surface area contributed by atoms with Gasteiger partial charge in [-0.3, -0.25) is 9.59 Å². The Morgan fingerprint density at radius 1 is 1.13 bits per heavy atom. The first kappa shape index (κ1) is 17.6. The number of nitrogens with one attached hydrogen (secondary N) is 2. The molecule has 2 rings (SSSR count). The van der Waals surface area contributed by atoms with E-state index in [1.165, 1.54) is 11.8 Å². The lowest BCUT2D eigenvalue weighted by molar-refractivity contribution is -0.113. The van der Waals surface area contributed by atoms with Gasteiger partial charge in [-0.05, 0) is 55.0 Å². The van der Waals surface area contributed by atoms with E-state index in [-0.39, 0.29) is 11.8 Å². The highest BCUT2D eigenvalue weighted by Gasteiger charge is 2.07. The third-order valence-electron chi connectivity index (χ3n) is 3.15. The van der Waals surface area contributed by atoms with Gasteiger partial charge in [0.25, 0.3) is 5.91 Å². The van der Waals surface area contributed by atoms with Crippen LogP contribution in [0.3, 0.4) is 0 Å². The van der Waals surface area contributed by atoms with Gasteiger partial charge in [-0.1, -0.05) is 15.9 Å². The summed E-state index contributed by atoms with van der Waals surface area (Å²) in [5, 5.41) is 5.38. The number of anilines is 1. The summed E-state index contributed by atoms with van der Waals surface area (Å²) in [6, 6.07) is 12.8. The molecule has 0 aromatic heterocycles. The Hall–Kier alpha value is -1.79. The predicted molar refractivity (Wildman–Crippen MR) is 98.1 cm³/mol. The molecular formula is C17H17BrN2O2S. The number of rotatable bonds is 5. The van der Waals surface area contributed by atoms with Gasteiger partial charge < -0.3 is 10.6 Å². The summed E-state index contributed by atoms with van der Waals surface area (Å²) in [6.45, 7) is 2.02. The van der Waals surface area contributed by atoms with E-state index in [0.717, 1.165) is 14.9 Å². The smallest absolute Gasteiger partial charge is 0.251 e. The molecule has 0 saturated heterocycles. The first-order valence-corrected chi connectivity index (χ1v) is 8.78. The monoisotopic (exact) mass is 392 g/mol. The van der Waals surface area contributed by atoms with Gasteiger partial charge in [0.15, 0.2) is 0 Å². The summed E-state index contributed by atoms with van der Waals surface area (Å²) in [4.78, 5) is 24.6. The maximum atomic E-state index is 12.0. The van der Waals surface area contributed by atoms with E-state index in [2.05, 4.69) is 26.6 Å². The maximum Gasteiger partial charge on any atom is 0.251 e. The molecule has 0 atom stereocenters. The van der Waals surface area contributed by atoms with Crippen molar-refractivity contribution in [1.82, 2.24) is 5.32 Å². The number of thioether (sulfide) groups is 1. The van der Waals surface area contributed by atoms with E-state index in [4.69, 9.17) is 0 Å². The highest BCUT2D eigenvalue weighted by atomic mass is 79.9. The summed E-state index contributed by atoms with van der Waals surface area (Å²) in [7, 11) is 1.58. The lowest BCUT2D eigenvalue weighted by Gasteiger charge is -2.08. The Balaban J connectivity index is 1.90. The molecule has 0 spiro atoms. The van der Waals surface area contributed by atoms with Crippen LogP contribution < -0.4 is 10.6 Å². The summed E-state index contributed by atoms with van der Waals surface area (Å²) in [5.41, 5.74) is 2.37. The van der Waals surface area contributed by atoms with Crippen molar-refractivity contribution in [2.24, 2.45) is 0 Å². The predicted octanol–water partition coefficient (Wildman–Crippen LogP) is 3.85. The van der Waals surface area contributed by atoms with E-state index in [1.54, 1.807) is 31.3 Å². The van der Waals surface area contributed by atoms with Crippen LogP contribution in [0.15, 0.2) is 51.8 Å². The lowest BCUT2D eigenvalue weighted by Crippen LogP contribution is -2.18. The molecule has 0 radical (unpaired) electrons. The number of carbonyl (C=O) groups excluding carboxylic acids is 2. The largest absolute Gasteiger partial charge is 0.355 e. The van der Waals surface area contributed by atoms with Crippen molar-refractivity contribution < 1.29 is 9.59 Å². The third kappa shape index (κ3) is 5.11. The van der Waals surface area contributed by atoms with Crippen LogP contribution in [0.25, 0.3) is 0 Å². The van der Waals surface area contributed by atoms with E-state index in [1.807, 2.05) is 25.1 Å². The molecule has 0 aliphatic heterocycles. The molecule has 2 amide bonds. The molecule has 0 fully saturated rings. The highest BCUT2D eigenvalue weighted by Crippen LogP contribution is 2.25. The fourth-order valence-electron chi connectivity index (χ4n) is 1.96. The van der Waals surface area contributed by atoms with Gasteiger partial charge in [0.2, 0.25) is 5.91 Å². The topological polar surface area (TPSA) is 58.2 Å². The zero-order chi connectivity index (χ0) is 16.8. The van der Waals surface area contributed by atoms with Crippen LogP contribution in [-0.2, 0) is 4.79 Å². The van der Waals surface area contributed by atoms with Gasteiger partial charge in [-0.15, -0.1) is 11.8 Å². The average molecular weight is 393 g/mol. The van der Waals surface area contributed by atoms with Crippen LogP contribution in [0.4, 0.5) is 5.69 Å². The quantitative estimate of drug-likeness (QED) is 0.759. The van der Waals surface area contributed by atoms with Crippen molar-refractivity contribution in [1.29, 1.82) is 0 Å². The minimum atomic E-state index is -0.149. The van der Waals surface area contributed by atoms with Gasteiger partial charge in [-0.25, -0.2) is 0 Å². The number of amides is 2. The maximum absolute atomic E-state index is 12.0. The molecule has 2 aromatic rings. The summed E-state index contributed by atoms with van der Waals surface area (Å²) in [6.07, 6.45) is 0. The second-order valence-corrected chi connectivity index (χ2v) is 6.84. The summed E-state index contributed by atoms with van der Waals surface area (Å²) < 4.78 is 1.03. The van der Waals surface area contributed by atoms with Crippen molar-refractivity contribution in [3.8, 4) is 0 Å². The molecule has 0 saturated carbocycles. The zero-order valence-electron chi connectivity index (χ0n) is 12.9. The first-order valence-electron chi connectivity index (χ1n) is 7.00. The molecule has 4 nitrogen and oxygen atoms in total. The molecule has 0 unspecified atom stereocenters. The van der Waals surface area contributed by atoms with Crippen LogP contribution in [0.5, 0.6) is 0 Å². The van der Waals surface area contributed by atoms with Gasteiger partial charge in [0, 0.05) is 27.7 Å². The third-order valence-corrected chi connectivity index (χ3v) is 4.82. The molecule has 0 aliphatic carbocycles. The zero-order valence-corrected chi connectivity index (χ0v) is 15.3. The van der Waals surface area contributed by atoms with Crippen LogP contribution in [0.2, 0.25) is 0 Å². The molecule has 2 N–H and O–H groups in total. The van der Waals surface area contributed by atoms with Crippen molar-refractivity contribution in [3.05, 3.63) is 58.1 Å². The molecule has 2 aromatic carbocycles. The Bertz CT molecular complexity index is 717. The first-order chi connectivity index (χ1) is 11.0. The summed E-state index contributed by atoms with van der Waals surface area (Å²) in [5.74, 6) is 0.105. The average Bonchev–Trinajstić information content (AvgIpc) is 2.54. The Morgan fingerprint density at radius 2 is 1.83 bits per heavy atom. The van der Waals surface area contributed by atoms with E-state index < -0.39 is 0 Å². The Labute approximate surface area is 148 Å². The SMILES string of the molecule is CNC(=O)c1ccc(NC(=O)CSc2ccc(Br)cc2C)cc1. The van der Waals surface area contributed by atoms with E-state index in [0.29, 0.717) is 17.0 Å². The molecule has 23 heavy (non-hydrogen) atoms. The number of hydrogen-bond acceptors (Lipinski definition) is 3. The van der Waals surface area contributed by atoms with Gasteiger partial charge in [0.1, 0.15) is 0 Å². The fraction of sp³-hybridized carbons (Fsp3) is 0.176.